The average molecular weight is 292 g/mol. The predicted octanol–water partition coefficient (Wildman–Crippen LogP) is 1.94. The van der Waals surface area contributed by atoms with Crippen molar-refractivity contribution in [3.63, 3.8) is 0 Å². The molecule has 4 nitrogen and oxygen atoms in total. The van der Waals surface area contributed by atoms with Crippen LogP contribution < -0.4 is 10.6 Å². The van der Waals surface area contributed by atoms with Crippen LogP contribution in [0.1, 0.15) is 31.0 Å². The third kappa shape index (κ3) is 3.46. The van der Waals surface area contributed by atoms with Crippen molar-refractivity contribution in [2.24, 2.45) is 5.73 Å². The largest absolute Gasteiger partial charge is 0.389 e. The molecule has 110 valence electrons. The van der Waals surface area contributed by atoms with Crippen molar-refractivity contribution in [1.29, 1.82) is 0 Å². The molecule has 5 heteroatoms. The van der Waals surface area contributed by atoms with Crippen molar-refractivity contribution in [1.82, 2.24) is 9.88 Å². The minimum atomic E-state index is 0.441. The van der Waals surface area contributed by atoms with Crippen LogP contribution in [-0.4, -0.2) is 47.6 Å². The van der Waals surface area contributed by atoms with Crippen molar-refractivity contribution in [2.75, 3.05) is 31.6 Å². The normalized spacial score (nSPS) is 20.8. The lowest BCUT2D eigenvalue weighted by Gasteiger charge is -2.31. The van der Waals surface area contributed by atoms with Crippen LogP contribution in [0.2, 0.25) is 0 Å². The number of hydrogen-bond donors (Lipinski definition) is 1. The molecule has 0 aromatic carbocycles. The molecule has 1 unspecified atom stereocenters. The molecule has 1 aliphatic heterocycles. The van der Waals surface area contributed by atoms with Gasteiger partial charge in [0.2, 0.25) is 0 Å². The van der Waals surface area contributed by atoms with Crippen molar-refractivity contribution >= 4 is 23.0 Å². The third-order valence-corrected chi connectivity index (χ3v) is 4.13. The number of nitrogens with zero attached hydrogens (tertiary/aromatic N) is 3. The smallest absolute Gasteiger partial charge is 0.129 e. The molecule has 20 heavy (non-hydrogen) atoms. The maximum absolute atomic E-state index is 5.78. The Balaban J connectivity index is 2.34. The number of anilines is 1. The van der Waals surface area contributed by atoms with Crippen molar-refractivity contribution < 1.29 is 0 Å². The van der Waals surface area contributed by atoms with E-state index in [1.54, 1.807) is 0 Å². The second-order valence-corrected chi connectivity index (χ2v) is 6.03. The van der Waals surface area contributed by atoms with E-state index in [-0.39, 0.29) is 0 Å². The van der Waals surface area contributed by atoms with Crippen molar-refractivity contribution in [2.45, 2.75) is 32.7 Å². The lowest BCUT2D eigenvalue weighted by Crippen LogP contribution is -2.40. The number of rotatable bonds is 3. The second kappa shape index (κ2) is 6.50. The van der Waals surface area contributed by atoms with Crippen LogP contribution in [0.4, 0.5) is 5.82 Å². The van der Waals surface area contributed by atoms with Gasteiger partial charge in [-0.3, -0.25) is 0 Å². The van der Waals surface area contributed by atoms with Gasteiger partial charge in [-0.1, -0.05) is 19.1 Å². The summed E-state index contributed by atoms with van der Waals surface area (Å²) in [5.74, 6) is 1.01. The Morgan fingerprint density at radius 2 is 2.20 bits per heavy atom. The standard InChI is InChI=1S/C15H24N4S/c1-4-13-10-18(3)6-5-7-19(13)14-9-12(15(16)20)8-11(2)17-14/h8-9,13H,4-7,10H2,1-3H3,(H2,16,20). The van der Waals surface area contributed by atoms with Gasteiger partial charge in [0.25, 0.3) is 0 Å². The highest BCUT2D eigenvalue weighted by Crippen LogP contribution is 2.22. The molecular formula is C15H24N4S. The lowest BCUT2D eigenvalue weighted by atomic mass is 10.1. The Morgan fingerprint density at radius 3 is 2.85 bits per heavy atom. The molecule has 1 fully saturated rings. The molecular weight excluding hydrogens is 268 g/mol. The number of hydrogen-bond acceptors (Lipinski definition) is 4. The van der Waals surface area contributed by atoms with Crippen LogP contribution in [0, 0.1) is 6.92 Å². The summed E-state index contributed by atoms with van der Waals surface area (Å²) in [4.78, 5) is 9.95. The summed E-state index contributed by atoms with van der Waals surface area (Å²) in [5.41, 5.74) is 7.66. The van der Waals surface area contributed by atoms with Crippen molar-refractivity contribution in [3.8, 4) is 0 Å². The molecule has 0 spiro atoms. The Morgan fingerprint density at radius 1 is 1.45 bits per heavy atom. The maximum atomic E-state index is 5.78. The second-order valence-electron chi connectivity index (χ2n) is 5.59. The zero-order valence-corrected chi connectivity index (χ0v) is 13.4. The molecule has 1 aromatic rings. The van der Waals surface area contributed by atoms with Crippen LogP contribution in [-0.2, 0) is 0 Å². The van der Waals surface area contributed by atoms with Gasteiger partial charge in [-0.2, -0.15) is 0 Å². The monoisotopic (exact) mass is 292 g/mol. The molecule has 2 N–H and O–H groups in total. The van der Waals surface area contributed by atoms with E-state index in [2.05, 4.69) is 23.8 Å². The van der Waals surface area contributed by atoms with Gasteiger partial charge in [-0.05, 0) is 45.5 Å². The van der Waals surface area contributed by atoms with Crippen LogP contribution in [0.3, 0.4) is 0 Å². The summed E-state index contributed by atoms with van der Waals surface area (Å²) in [6.07, 6.45) is 2.27. The van der Waals surface area contributed by atoms with Gasteiger partial charge >= 0.3 is 0 Å². The average Bonchev–Trinajstić information content (AvgIpc) is 2.59. The van der Waals surface area contributed by atoms with E-state index in [0.717, 1.165) is 49.6 Å². The predicted molar refractivity (Wildman–Crippen MR) is 88.4 cm³/mol. The van der Waals surface area contributed by atoms with Crippen LogP contribution in [0.15, 0.2) is 12.1 Å². The number of likely N-dealkylation sites (N-methyl/N-ethyl adjacent to an activating group) is 1. The molecule has 1 aliphatic rings. The van der Waals surface area contributed by atoms with Gasteiger partial charge < -0.3 is 15.5 Å². The molecule has 1 atom stereocenters. The molecule has 0 amide bonds. The fourth-order valence-corrected chi connectivity index (χ4v) is 2.95. The van der Waals surface area contributed by atoms with Crippen LogP contribution >= 0.6 is 12.2 Å². The highest BCUT2D eigenvalue weighted by molar-refractivity contribution is 7.80. The Kier molecular flexibility index (Phi) is 4.94. The number of nitrogens with two attached hydrogens (primary N) is 1. The SMILES string of the molecule is CCC1CN(C)CCCN1c1cc(C(N)=S)cc(C)n1. The molecule has 1 aromatic heterocycles. The molecule has 2 heterocycles. The van der Waals surface area contributed by atoms with Gasteiger partial charge in [-0.15, -0.1) is 0 Å². The summed E-state index contributed by atoms with van der Waals surface area (Å²) in [7, 11) is 2.19. The first kappa shape index (κ1) is 15.2. The highest BCUT2D eigenvalue weighted by atomic mass is 32.1. The Labute approximate surface area is 127 Å². The van der Waals surface area contributed by atoms with E-state index < -0.39 is 0 Å². The minimum Gasteiger partial charge on any atom is -0.389 e. The zero-order valence-electron chi connectivity index (χ0n) is 12.6. The van der Waals surface area contributed by atoms with Crippen LogP contribution in [0.25, 0.3) is 0 Å². The molecule has 0 radical (unpaired) electrons. The summed E-state index contributed by atoms with van der Waals surface area (Å²) in [5, 5.41) is 0. The fraction of sp³-hybridized carbons (Fsp3) is 0.600. The zero-order chi connectivity index (χ0) is 14.7. The van der Waals surface area contributed by atoms with Gasteiger partial charge in [0.1, 0.15) is 10.8 Å². The first-order valence-corrected chi connectivity index (χ1v) is 7.65. The number of aromatic nitrogens is 1. The topological polar surface area (TPSA) is 45.4 Å². The lowest BCUT2D eigenvalue weighted by molar-refractivity contribution is 0.327. The van der Waals surface area contributed by atoms with E-state index >= 15 is 0 Å². The van der Waals surface area contributed by atoms with Crippen molar-refractivity contribution in [3.05, 3.63) is 23.4 Å². The molecule has 1 saturated heterocycles. The van der Waals surface area contributed by atoms with E-state index in [9.17, 15) is 0 Å². The van der Waals surface area contributed by atoms with Gasteiger partial charge in [0, 0.05) is 30.4 Å². The number of pyridine rings is 1. The van der Waals surface area contributed by atoms with E-state index in [0.29, 0.717) is 11.0 Å². The summed E-state index contributed by atoms with van der Waals surface area (Å²) < 4.78 is 0. The van der Waals surface area contributed by atoms with E-state index in [1.807, 2.05) is 19.1 Å². The minimum absolute atomic E-state index is 0.441. The third-order valence-electron chi connectivity index (χ3n) is 3.89. The molecule has 0 saturated carbocycles. The summed E-state index contributed by atoms with van der Waals surface area (Å²) >= 11 is 5.11. The van der Waals surface area contributed by atoms with Gasteiger partial charge in [0.15, 0.2) is 0 Å². The van der Waals surface area contributed by atoms with E-state index in [4.69, 9.17) is 22.9 Å². The van der Waals surface area contributed by atoms with E-state index in [1.165, 1.54) is 0 Å². The Bertz CT molecular complexity index is 489. The maximum Gasteiger partial charge on any atom is 0.129 e. The van der Waals surface area contributed by atoms with Crippen LogP contribution in [0.5, 0.6) is 0 Å². The quantitative estimate of drug-likeness (QED) is 0.863. The first-order chi connectivity index (χ1) is 9.51. The fourth-order valence-electron chi connectivity index (χ4n) is 2.83. The summed E-state index contributed by atoms with van der Waals surface area (Å²) in [6.45, 7) is 7.49. The molecule has 2 rings (SSSR count). The first-order valence-electron chi connectivity index (χ1n) is 7.25. The van der Waals surface area contributed by atoms with Gasteiger partial charge in [-0.25, -0.2) is 4.98 Å². The highest BCUT2D eigenvalue weighted by Gasteiger charge is 2.23. The Hall–Kier alpha value is -1.20. The number of thiocarbonyl (C=S) groups is 1. The molecule has 0 aliphatic carbocycles. The summed E-state index contributed by atoms with van der Waals surface area (Å²) in [6, 6.07) is 4.48. The molecule has 0 bridgehead atoms. The van der Waals surface area contributed by atoms with Gasteiger partial charge in [0.05, 0.1) is 0 Å². The number of aryl methyl sites for hydroxylation is 1.